The van der Waals surface area contributed by atoms with Crippen LogP contribution in [0.3, 0.4) is 0 Å². The molecule has 2 N–H and O–H groups in total. The molecule has 8 nitrogen and oxygen atoms in total. The fraction of sp³-hybridized carbons (Fsp3) is 0.278. The smallest absolute Gasteiger partial charge is 0.339 e. The lowest BCUT2D eigenvalue weighted by Crippen LogP contribution is -2.49. The van der Waals surface area contributed by atoms with Gasteiger partial charge in [-0.25, -0.2) is 14.4 Å². The average molecular weight is 358 g/mol. The average Bonchev–Trinajstić information content (AvgIpc) is 2.90. The predicted molar refractivity (Wildman–Crippen MR) is 90.6 cm³/mol. The molecule has 2 aliphatic heterocycles. The van der Waals surface area contributed by atoms with Gasteiger partial charge in [-0.3, -0.25) is 0 Å². The van der Waals surface area contributed by atoms with E-state index in [1.54, 1.807) is 36.2 Å². The highest BCUT2D eigenvalue weighted by molar-refractivity contribution is 6.16. The van der Waals surface area contributed by atoms with Crippen LogP contribution in [0.2, 0.25) is 0 Å². The Balaban J connectivity index is 2.49. The number of fused-ring (bicyclic) bond motifs is 2. The number of methoxy groups -OCH3 is 2. The summed E-state index contributed by atoms with van der Waals surface area (Å²) in [6.07, 6.45) is 0. The van der Waals surface area contributed by atoms with E-state index in [2.05, 4.69) is 0 Å². The van der Waals surface area contributed by atoms with Crippen molar-refractivity contribution >= 4 is 23.6 Å². The molecule has 1 aromatic carbocycles. The van der Waals surface area contributed by atoms with Gasteiger partial charge in [-0.1, -0.05) is 18.2 Å². The number of hydrogen-bond acceptors (Lipinski definition) is 8. The summed E-state index contributed by atoms with van der Waals surface area (Å²) in [7, 11) is 4.01. The second-order valence-corrected chi connectivity index (χ2v) is 5.89. The zero-order chi connectivity index (χ0) is 19.2. The molecule has 0 radical (unpaired) electrons. The van der Waals surface area contributed by atoms with Gasteiger partial charge in [0.25, 0.3) is 0 Å². The van der Waals surface area contributed by atoms with E-state index in [0.717, 1.165) is 0 Å². The molecule has 0 saturated heterocycles. The minimum atomic E-state index is -1.85. The molecule has 2 heterocycles. The first-order chi connectivity index (χ1) is 12.3. The fourth-order valence-corrected chi connectivity index (χ4v) is 3.57. The number of rotatable bonds is 2. The highest BCUT2D eigenvalue weighted by Gasteiger charge is 2.63. The molecule has 0 aliphatic carbocycles. The molecule has 1 atom stereocenters. The number of para-hydroxylation sites is 1. The van der Waals surface area contributed by atoms with Gasteiger partial charge >= 0.3 is 17.9 Å². The lowest BCUT2D eigenvalue weighted by atomic mass is 9.66. The van der Waals surface area contributed by atoms with Gasteiger partial charge in [0.2, 0.25) is 0 Å². The summed E-state index contributed by atoms with van der Waals surface area (Å²) in [5.74, 6) is -2.39. The molecule has 26 heavy (non-hydrogen) atoms. The largest absolute Gasteiger partial charge is 0.466 e. The van der Waals surface area contributed by atoms with Crippen LogP contribution in [-0.2, 0) is 34.0 Å². The number of allylic oxidation sites excluding steroid dienone is 1. The van der Waals surface area contributed by atoms with Gasteiger partial charge in [0.05, 0.1) is 14.2 Å². The molecule has 136 valence electrons. The van der Waals surface area contributed by atoms with Crippen molar-refractivity contribution in [1.29, 1.82) is 0 Å². The first kappa shape index (κ1) is 17.5. The van der Waals surface area contributed by atoms with Crippen molar-refractivity contribution in [3.05, 3.63) is 52.6 Å². The molecular formula is C18H18N2O6. The maximum atomic E-state index is 13.1. The summed E-state index contributed by atoms with van der Waals surface area (Å²) < 4.78 is 15.0. The van der Waals surface area contributed by atoms with Gasteiger partial charge in [-0.15, -0.1) is 0 Å². The van der Waals surface area contributed by atoms with Crippen LogP contribution in [0.15, 0.2) is 47.0 Å². The summed E-state index contributed by atoms with van der Waals surface area (Å²) >= 11 is 0. The molecule has 0 unspecified atom stereocenters. The summed E-state index contributed by atoms with van der Waals surface area (Å²) in [5, 5.41) is 0. The number of cyclic esters (lactones) is 1. The van der Waals surface area contributed by atoms with Crippen LogP contribution >= 0.6 is 0 Å². The van der Waals surface area contributed by atoms with E-state index < -0.39 is 23.3 Å². The Labute approximate surface area is 149 Å². The molecule has 0 fully saturated rings. The number of esters is 3. The maximum absolute atomic E-state index is 13.1. The van der Waals surface area contributed by atoms with Crippen molar-refractivity contribution < 1.29 is 28.6 Å². The lowest BCUT2D eigenvalue weighted by Gasteiger charge is -2.39. The number of ether oxygens (including phenoxy) is 3. The van der Waals surface area contributed by atoms with E-state index in [9.17, 15) is 14.4 Å². The molecule has 3 rings (SSSR count). The molecule has 2 aliphatic rings. The topological polar surface area (TPSA) is 108 Å². The van der Waals surface area contributed by atoms with Crippen LogP contribution < -0.4 is 10.6 Å². The van der Waals surface area contributed by atoms with E-state index in [1.165, 1.54) is 21.1 Å². The van der Waals surface area contributed by atoms with E-state index >= 15 is 0 Å². The molecule has 0 bridgehead atoms. The highest BCUT2D eigenvalue weighted by atomic mass is 16.6. The van der Waals surface area contributed by atoms with Gasteiger partial charge in [0.15, 0.2) is 5.41 Å². The summed E-state index contributed by atoms with van der Waals surface area (Å²) in [6, 6.07) is 6.83. The van der Waals surface area contributed by atoms with Crippen molar-refractivity contribution in [2.24, 2.45) is 5.73 Å². The monoisotopic (exact) mass is 358 g/mol. The number of anilines is 1. The van der Waals surface area contributed by atoms with Crippen LogP contribution in [0.25, 0.3) is 0 Å². The molecule has 0 saturated carbocycles. The molecule has 8 heteroatoms. The third-order valence-corrected chi connectivity index (χ3v) is 4.72. The second-order valence-electron chi connectivity index (χ2n) is 5.89. The van der Waals surface area contributed by atoms with Crippen molar-refractivity contribution in [1.82, 2.24) is 0 Å². The number of benzene rings is 1. The number of carbonyl (C=O) groups is 3. The van der Waals surface area contributed by atoms with Crippen LogP contribution in [0.4, 0.5) is 5.69 Å². The normalized spacial score (nSPS) is 21.7. The highest BCUT2D eigenvalue weighted by Crippen LogP contribution is 2.53. The molecule has 1 aromatic rings. The Morgan fingerprint density at radius 2 is 1.69 bits per heavy atom. The minimum Gasteiger partial charge on any atom is -0.466 e. The predicted octanol–water partition coefficient (Wildman–Crippen LogP) is 0.721. The van der Waals surface area contributed by atoms with Crippen molar-refractivity contribution in [2.45, 2.75) is 12.3 Å². The standard InChI is InChI=1S/C18H18N2O6/c1-9-12(15(21)24-3)18(17(23)26-9)10-7-5-6-8-11(10)20(2)14(19)13(18)16(22)25-4/h5-8H,19H2,1-4H3/t18-/m1/s1. The number of nitrogens with zero attached hydrogens (tertiary/aromatic N) is 1. The van der Waals surface area contributed by atoms with E-state index in [-0.39, 0.29) is 22.7 Å². The quantitative estimate of drug-likeness (QED) is 0.609. The Morgan fingerprint density at radius 3 is 2.31 bits per heavy atom. The van der Waals surface area contributed by atoms with Gasteiger partial charge in [0, 0.05) is 18.3 Å². The third-order valence-electron chi connectivity index (χ3n) is 4.72. The Kier molecular flexibility index (Phi) is 3.98. The Hall–Kier alpha value is -3.29. The molecule has 1 spiro atoms. The number of carbonyl (C=O) groups excluding carboxylic acids is 3. The maximum Gasteiger partial charge on any atom is 0.339 e. The van der Waals surface area contributed by atoms with Crippen molar-refractivity contribution in [3.63, 3.8) is 0 Å². The fourth-order valence-electron chi connectivity index (χ4n) is 3.57. The second kappa shape index (κ2) is 5.91. The van der Waals surface area contributed by atoms with Gasteiger partial charge < -0.3 is 24.8 Å². The van der Waals surface area contributed by atoms with Gasteiger partial charge in [-0.2, -0.15) is 0 Å². The Morgan fingerprint density at radius 1 is 1.12 bits per heavy atom. The van der Waals surface area contributed by atoms with E-state index in [0.29, 0.717) is 11.3 Å². The number of hydrogen-bond donors (Lipinski definition) is 1. The third kappa shape index (κ3) is 1.98. The summed E-state index contributed by atoms with van der Waals surface area (Å²) in [5.41, 5.74) is 5.04. The molecule has 0 amide bonds. The summed E-state index contributed by atoms with van der Waals surface area (Å²) in [6.45, 7) is 1.46. The van der Waals surface area contributed by atoms with Crippen LogP contribution in [0.1, 0.15) is 12.5 Å². The van der Waals surface area contributed by atoms with Crippen LogP contribution in [-0.4, -0.2) is 39.2 Å². The first-order valence-corrected chi connectivity index (χ1v) is 7.76. The minimum absolute atomic E-state index is 0.0106. The summed E-state index contributed by atoms with van der Waals surface area (Å²) in [4.78, 5) is 39.8. The number of nitrogens with two attached hydrogens (primary N) is 1. The SMILES string of the molecule is COC(=O)C1=C(C)OC(=O)[C@@]12C(C(=O)OC)=C(N)N(C)c1ccccc12. The molecule has 0 aromatic heterocycles. The Bertz CT molecular complexity index is 901. The van der Waals surface area contributed by atoms with Crippen molar-refractivity contribution in [3.8, 4) is 0 Å². The molecular weight excluding hydrogens is 340 g/mol. The first-order valence-electron chi connectivity index (χ1n) is 7.76. The van der Waals surface area contributed by atoms with E-state index in [4.69, 9.17) is 19.9 Å². The van der Waals surface area contributed by atoms with Crippen LogP contribution in [0, 0.1) is 0 Å². The zero-order valence-electron chi connectivity index (χ0n) is 14.8. The zero-order valence-corrected chi connectivity index (χ0v) is 14.8. The lowest BCUT2D eigenvalue weighted by molar-refractivity contribution is -0.146. The van der Waals surface area contributed by atoms with E-state index in [1.807, 2.05) is 0 Å². The van der Waals surface area contributed by atoms with Crippen molar-refractivity contribution in [2.75, 3.05) is 26.2 Å². The van der Waals surface area contributed by atoms with Gasteiger partial charge in [0.1, 0.15) is 22.7 Å². The van der Waals surface area contributed by atoms with Crippen LogP contribution in [0.5, 0.6) is 0 Å². The van der Waals surface area contributed by atoms with Gasteiger partial charge in [-0.05, 0) is 13.0 Å².